The molecule has 2 heteroatoms. The number of benzene rings is 1. The van der Waals surface area contributed by atoms with Crippen LogP contribution in [0, 0.1) is 0 Å². The second kappa shape index (κ2) is 3.31. The molecule has 0 heterocycles. The summed E-state index contributed by atoms with van der Waals surface area (Å²) in [5.41, 5.74) is 0.833. The van der Waals surface area contributed by atoms with Gasteiger partial charge in [-0.25, -0.2) is 10.0 Å². The second-order valence-corrected chi connectivity index (χ2v) is 7.61. The van der Waals surface area contributed by atoms with Crippen molar-refractivity contribution in [2.24, 2.45) is 0 Å². The molecule has 1 aromatic rings. The summed E-state index contributed by atoms with van der Waals surface area (Å²) in [6, 6.07) is 7.80. The van der Waals surface area contributed by atoms with Crippen molar-refractivity contribution in [3.63, 3.8) is 0 Å². The van der Waals surface area contributed by atoms with Crippen LogP contribution in [0.5, 0.6) is 0 Å². The van der Waals surface area contributed by atoms with Crippen molar-refractivity contribution in [3.8, 4) is 0 Å². The summed E-state index contributed by atoms with van der Waals surface area (Å²) >= 11 is 0. The monoisotopic (exact) mass is 182 g/mol. The van der Waals surface area contributed by atoms with Gasteiger partial charge in [-0.3, -0.25) is 4.79 Å². The van der Waals surface area contributed by atoms with Gasteiger partial charge in [-0.1, -0.05) is 18.2 Å². The highest BCUT2D eigenvalue weighted by molar-refractivity contribution is 8.32. The van der Waals surface area contributed by atoms with Gasteiger partial charge in [0.2, 0.25) is 0 Å². The molecule has 0 amide bonds. The Balaban J connectivity index is 3.23. The van der Waals surface area contributed by atoms with Gasteiger partial charge in [-0.05, 0) is 29.7 Å². The van der Waals surface area contributed by atoms with Crippen LogP contribution < -0.4 is 0 Å². The first-order chi connectivity index (χ1) is 5.55. The Morgan fingerprint density at radius 2 is 1.75 bits per heavy atom. The number of hydrogen-bond donors (Lipinski definition) is 0. The zero-order valence-electron chi connectivity index (χ0n) is 7.70. The molecule has 0 unspecified atom stereocenters. The molecule has 0 aromatic heterocycles. The largest absolute Gasteiger partial charge is 0.298 e. The molecule has 0 fully saturated rings. The fraction of sp³-hybridized carbons (Fsp3) is 0.300. The third-order valence-electron chi connectivity index (χ3n) is 1.71. The summed E-state index contributed by atoms with van der Waals surface area (Å²) in [5, 5.41) is 0. The minimum absolute atomic E-state index is 0.777. The number of carbonyl (C=O) groups excluding carboxylic acids is 1. The van der Waals surface area contributed by atoms with Crippen LogP contribution in [0.15, 0.2) is 29.2 Å². The molecule has 0 saturated carbocycles. The molecule has 0 N–H and O–H groups in total. The van der Waals surface area contributed by atoms with Gasteiger partial charge < -0.3 is 0 Å². The molecule has 0 aliphatic heterocycles. The first-order valence-corrected chi connectivity index (χ1v) is 6.64. The SMILES string of the molecule is CS(C)(C)c1ccccc1C=O. The molecule has 0 atom stereocenters. The molecular weight excluding hydrogens is 168 g/mol. The molecule has 12 heavy (non-hydrogen) atoms. The van der Waals surface area contributed by atoms with Crippen LogP contribution in [0.2, 0.25) is 0 Å². The van der Waals surface area contributed by atoms with E-state index < -0.39 is 10.0 Å². The van der Waals surface area contributed by atoms with E-state index in [1.807, 2.05) is 24.3 Å². The average Bonchev–Trinajstić information content (AvgIpc) is 2.03. The predicted octanol–water partition coefficient (Wildman–Crippen LogP) is 2.55. The Morgan fingerprint density at radius 1 is 1.17 bits per heavy atom. The van der Waals surface area contributed by atoms with Crippen molar-refractivity contribution in [2.45, 2.75) is 4.90 Å². The van der Waals surface area contributed by atoms with Gasteiger partial charge in [0.25, 0.3) is 0 Å². The van der Waals surface area contributed by atoms with E-state index in [9.17, 15) is 4.79 Å². The molecule has 0 aliphatic rings. The van der Waals surface area contributed by atoms with Crippen LogP contribution in [0.25, 0.3) is 0 Å². The second-order valence-electron chi connectivity index (χ2n) is 3.49. The topological polar surface area (TPSA) is 17.1 Å². The van der Waals surface area contributed by atoms with Gasteiger partial charge in [0, 0.05) is 5.56 Å². The Morgan fingerprint density at radius 3 is 2.17 bits per heavy atom. The lowest BCUT2D eigenvalue weighted by atomic mass is 10.2. The van der Waals surface area contributed by atoms with E-state index in [1.165, 1.54) is 4.90 Å². The van der Waals surface area contributed by atoms with Gasteiger partial charge in [0.05, 0.1) is 0 Å². The molecule has 0 bridgehead atoms. The van der Waals surface area contributed by atoms with Gasteiger partial charge in [0.1, 0.15) is 0 Å². The minimum atomic E-state index is -0.777. The van der Waals surface area contributed by atoms with Crippen LogP contribution in [0.1, 0.15) is 10.4 Å². The molecule has 1 nitrogen and oxygen atoms in total. The Kier molecular flexibility index (Phi) is 2.58. The summed E-state index contributed by atoms with van der Waals surface area (Å²) in [5.74, 6) is 0. The van der Waals surface area contributed by atoms with Crippen LogP contribution in [0.4, 0.5) is 0 Å². The smallest absolute Gasteiger partial charge is 0.151 e. The highest BCUT2D eigenvalue weighted by atomic mass is 32.3. The molecule has 0 saturated heterocycles. The first-order valence-electron chi connectivity index (χ1n) is 3.78. The summed E-state index contributed by atoms with van der Waals surface area (Å²) in [4.78, 5) is 11.9. The van der Waals surface area contributed by atoms with Gasteiger partial charge in [0.15, 0.2) is 6.29 Å². The van der Waals surface area contributed by atoms with Crippen LogP contribution in [-0.4, -0.2) is 25.1 Å². The number of carbonyl (C=O) groups is 1. The van der Waals surface area contributed by atoms with Crippen molar-refractivity contribution >= 4 is 16.3 Å². The number of rotatable bonds is 2. The molecule has 1 aromatic carbocycles. The zero-order valence-corrected chi connectivity index (χ0v) is 8.52. The van der Waals surface area contributed by atoms with E-state index in [4.69, 9.17) is 0 Å². The Bertz CT molecular complexity index is 286. The lowest BCUT2D eigenvalue weighted by molar-refractivity contribution is 0.112. The van der Waals surface area contributed by atoms with Crippen LogP contribution >= 0.6 is 10.0 Å². The molecular formula is C10H14OS. The van der Waals surface area contributed by atoms with E-state index in [0.29, 0.717) is 0 Å². The van der Waals surface area contributed by atoms with Crippen molar-refractivity contribution in [1.29, 1.82) is 0 Å². The molecule has 0 aliphatic carbocycles. The molecule has 0 radical (unpaired) electrons. The van der Waals surface area contributed by atoms with Crippen molar-refractivity contribution in [1.82, 2.24) is 0 Å². The number of aldehydes is 1. The normalized spacial score (nSPS) is 12.6. The van der Waals surface area contributed by atoms with Gasteiger partial charge >= 0.3 is 0 Å². The van der Waals surface area contributed by atoms with Crippen molar-refractivity contribution in [2.75, 3.05) is 18.8 Å². The fourth-order valence-electron chi connectivity index (χ4n) is 1.14. The Hall–Kier alpha value is -0.760. The maximum atomic E-state index is 10.7. The summed E-state index contributed by atoms with van der Waals surface area (Å²) in [7, 11) is -0.777. The average molecular weight is 182 g/mol. The van der Waals surface area contributed by atoms with E-state index >= 15 is 0 Å². The molecule has 66 valence electrons. The maximum absolute atomic E-state index is 10.7. The van der Waals surface area contributed by atoms with E-state index in [-0.39, 0.29) is 0 Å². The van der Waals surface area contributed by atoms with E-state index in [1.54, 1.807) is 0 Å². The standard InChI is InChI=1S/C10H14OS/c1-12(2,3)10-7-5-4-6-9(10)8-11/h4-8H,1-3H3. The fourth-order valence-corrected chi connectivity index (χ4v) is 2.45. The van der Waals surface area contributed by atoms with Gasteiger partial charge in [-0.2, -0.15) is 0 Å². The molecule has 1 rings (SSSR count). The quantitative estimate of drug-likeness (QED) is 0.642. The maximum Gasteiger partial charge on any atom is 0.151 e. The van der Waals surface area contributed by atoms with Crippen molar-refractivity contribution < 1.29 is 4.79 Å². The third-order valence-corrected chi connectivity index (χ3v) is 3.40. The van der Waals surface area contributed by atoms with Crippen LogP contribution in [0.3, 0.4) is 0 Å². The summed E-state index contributed by atoms with van der Waals surface area (Å²) in [6.07, 6.45) is 7.51. The number of hydrogen-bond acceptors (Lipinski definition) is 1. The van der Waals surface area contributed by atoms with E-state index in [0.717, 1.165) is 11.8 Å². The van der Waals surface area contributed by atoms with Gasteiger partial charge in [-0.15, -0.1) is 0 Å². The Labute approximate surface area is 75.1 Å². The zero-order chi connectivity index (χ0) is 9.19. The predicted molar refractivity (Wildman–Crippen MR) is 55.5 cm³/mol. The van der Waals surface area contributed by atoms with Crippen molar-refractivity contribution in [3.05, 3.63) is 29.8 Å². The first kappa shape index (κ1) is 9.33. The summed E-state index contributed by atoms with van der Waals surface area (Å²) in [6.45, 7) is 0. The summed E-state index contributed by atoms with van der Waals surface area (Å²) < 4.78 is 0. The highest BCUT2D eigenvalue weighted by Gasteiger charge is 2.11. The van der Waals surface area contributed by atoms with E-state index in [2.05, 4.69) is 18.8 Å². The minimum Gasteiger partial charge on any atom is -0.298 e. The third kappa shape index (κ3) is 1.89. The lowest BCUT2D eigenvalue weighted by Gasteiger charge is -2.26. The highest BCUT2D eigenvalue weighted by Crippen LogP contribution is 2.46. The molecule has 0 spiro atoms. The van der Waals surface area contributed by atoms with Crippen LogP contribution in [-0.2, 0) is 0 Å². The lowest BCUT2D eigenvalue weighted by Crippen LogP contribution is -1.97.